The minimum Gasteiger partial charge on any atom is -0.465 e. The molecule has 0 amide bonds. The number of ether oxygens (including phenoxy) is 1. The Morgan fingerprint density at radius 1 is 1.12 bits per heavy atom. The molecule has 1 saturated heterocycles. The Balaban J connectivity index is 1.92. The molecule has 1 unspecified atom stereocenters. The van der Waals surface area contributed by atoms with Crippen molar-refractivity contribution in [1.82, 2.24) is 9.55 Å². The van der Waals surface area contributed by atoms with Crippen LogP contribution in [0.15, 0.2) is 58.5 Å². The van der Waals surface area contributed by atoms with Crippen molar-refractivity contribution in [3.05, 3.63) is 64.4 Å². The van der Waals surface area contributed by atoms with Gasteiger partial charge in [-0.15, -0.1) is 0 Å². The summed E-state index contributed by atoms with van der Waals surface area (Å²) in [7, 11) is 0. The van der Waals surface area contributed by atoms with Crippen LogP contribution in [0.25, 0.3) is 16.6 Å². The van der Waals surface area contributed by atoms with Gasteiger partial charge in [0.25, 0.3) is 5.56 Å². The van der Waals surface area contributed by atoms with Crippen molar-refractivity contribution >= 4 is 28.6 Å². The largest absolute Gasteiger partial charge is 0.465 e. The van der Waals surface area contributed by atoms with Crippen molar-refractivity contribution < 1.29 is 9.53 Å². The fourth-order valence-electron chi connectivity index (χ4n) is 2.82. The summed E-state index contributed by atoms with van der Waals surface area (Å²) < 4.78 is 6.62. The van der Waals surface area contributed by atoms with Gasteiger partial charge in [-0.2, -0.15) is 0 Å². The monoisotopic (exact) mass is 352 g/mol. The van der Waals surface area contributed by atoms with Crippen LogP contribution in [-0.4, -0.2) is 27.4 Å². The molecule has 1 aromatic heterocycles. The summed E-state index contributed by atoms with van der Waals surface area (Å²) >= 11 is 1.29. The SMILES string of the molecule is Cc1ccc(-n2c(SC3CCOC3=O)nc3ccccc3c2=O)cc1. The van der Waals surface area contributed by atoms with Crippen LogP contribution in [0.2, 0.25) is 0 Å². The van der Waals surface area contributed by atoms with E-state index >= 15 is 0 Å². The molecule has 1 aliphatic rings. The first-order chi connectivity index (χ1) is 12.1. The summed E-state index contributed by atoms with van der Waals surface area (Å²) in [4.78, 5) is 29.6. The van der Waals surface area contributed by atoms with E-state index in [2.05, 4.69) is 4.98 Å². The first-order valence-corrected chi connectivity index (χ1v) is 8.93. The molecule has 0 bridgehead atoms. The van der Waals surface area contributed by atoms with Crippen LogP contribution >= 0.6 is 11.8 Å². The fraction of sp³-hybridized carbons (Fsp3) is 0.211. The third-order valence-corrected chi connectivity index (χ3v) is 5.37. The lowest BCUT2D eigenvalue weighted by molar-refractivity contribution is -0.137. The highest BCUT2D eigenvalue weighted by Gasteiger charge is 2.29. The molecular formula is C19H16N2O3S. The number of para-hydroxylation sites is 1. The number of hydrogen-bond acceptors (Lipinski definition) is 5. The molecule has 1 fully saturated rings. The smallest absolute Gasteiger partial charge is 0.319 e. The van der Waals surface area contributed by atoms with E-state index in [1.165, 1.54) is 11.8 Å². The molecule has 1 atom stereocenters. The van der Waals surface area contributed by atoms with Gasteiger partial charge >= 0.3 is 5.97 Å². The van der Waals surface area contributed by atoms with Gasteiger partial charge in [0.2, 0.25) is 0 Å². The number of cyclic esters (lactones) is 1. The standard InChI is InChI=1S/C19H16N2O3S/c1-12-6-8-13(9-7-12)21-17(22)14-4-2-3-5-15(14)20-19(21)25-16-10-11-24-18(16)23/h2-9,16H,10-11H2,1H3. The van der Waals surface area contributed by atoms with Crippen LogP contribution in [-0.2, 0) is 9.53 Å². The number of aromatic nitrogens is 2. The quantitative estimate of drug-likeness (QED) is 0.535. The van der Waals surface area contributed by atoms with Gasteiger partial charge < -0.3 is 4.74 Å². The number of thioether (sulfide) groups is 1. The number of aryl methyl sites for hydroxylation is 1. The summed E-state index contributed by atoms with van der Waals surface area (Å²) in [5, 5.41) is 0.739. The number of fused-ring (bicyclic) bond motifs is 1. The van der Waals surface area contributed by atoms with E-state index in [1.807, 2.05) is 49.4 Å². The second-order valence-corrected chi connectivity index (χ2v) is 7.12. The molecule has 2 aromatic carbocycles. The number of nitrogens with zero attached hydrogens (tertiary/aromatic N) is 2. The highest BCUT2D eigenvalue weighted by atomic mass is 32.2. The van der Waals surface area contributed by atoms with Crippen molar-refractivity contribution in [2.45, 2.75) is 23.8 Å². The van der Waals surface area contributed by atoms with Crippen molar-refractivity contribution in [2.24, 2.45) is 0 Å². The van der Waals surface area contributed by atoms with Crippen molar-refractivity contribution in [3.8, 4) is 5.69 Å². The van der Waals surface area contributed by atoms with Crippen LogP contribution in [0, 0.1) is 6.92 Å². The van der Waals surface area contributed by atoms with Crippen LogP contribution in [0.3, 0.4) is 0 Å². The molecule has 0 radical (unpaired) electrons. The second-order valence-electron chi connectivity index (χ2n) is 5.95. The van der Waals surface area contributed by atoms with Crippen molar-refractivity contribution in [2.75, 3.05) is 6.61 Å². The second kappa shape index (κ2) is 6.37. The zero-order chi connectivity index (χ0) is 17.4. The topological polar surface area (TPSA) is 61.2 Å². The highest BCUT2D eigenvalue weighted by Crippen LogP contribution is 2.30. The number of esters is 1. The predicted molar refractivity (Wildman–Crippen MR) is 97.3 cm³/mol. The number of carbonyl (C=O) groups excluding carboxylic acids is 1. The first-order valence-electron chi connectivity index (χ1n) is 8.05. The number of carbonyl (C=O) groups is 1. The molecule has 0 N–H and O–H groups in total. The fourth-order valence-corrected chi connectivity index (χ4v) is 3.90. The average molecular weight is 352 g/mol. The van der Waals surface area contributed by atoms with E-state index in [1.54, 1.807) is 10.6 Å². The van der Waals surface area contributed by atoms with E-state index in [9.17, 15) is 9.59 Å². The van der Waals surface area contributed by atoms with Gasteiger partial charge in [-0.1, -0.05) is 41.6 Å². The molecule has 0 aliphatic carbocycles. The van der Waals surface area contributed by atoms with Crippen LogP contribution in [0.5, 0.6) is 0 Å². The summed E-state index contributed by atoms with van der Waals surface area (Å²) in [6, 6.07) is 15.0. The molecule has 3 aromatic rings. The minimum atomic E-state index is -0.329. The molecule has 5 nitrogen and oxygen atoms in total. The van der Waals surface area contributed by atoms with Gasteiger partial charge in [-0.05, 0) is 31.2 Å². The Hall–Kier alpha value is -2.60. The molecule has 0 saturated carbocycles. The number of rotatable bonds is 3. The molecule has 0 spiro atoms. The Bertz CT molecular complexity index is 1010. The molecule has 1 aliphatic heterocycles. The Morgan fingerprint density at radius 3 is 2.60 bits per heavy atom. The summed E-state index contributed by atoms with van der Waals surface area (Å²) in [6.07, 6.45) is 0.625. The maximum atomic E-state index is 13.1. The van der Waals surface area contributed by atoms with Gasteiger partial charge in [0.1, 0.15) is 5.25 Å². The molecule has 126 valence electrons. The number of hydrogen-bond donors (Lipinski definition) is 0. The summed E-state index contributed by atoms with van der Waals surface area (Å²) in [6.45, 7) is 2.41. The molecule has 25 heavy (non-hydrogen) atoms. The predicted octanol–water partition coefficient (Wildman–Crippen LogP) is 3.10. The first kappa shape index (κ1) is 15.9. The lowest BCUT2D eigenvalue weighted by Gasteiger charge is -2.14. The zero-order valence-corrected chi connectivity index (χ0v) is 14.5. The van der Waals surface area contributed by atoms with Gasteiger partial charge in [-0.25, -0.2) is 4.98 Å². The van der Waals surface area contributed by atoms with Crippen LogP contribution in [0.4, 0.5) is 0 Å². The Kier molecular flexibility index (Phi) is 4.05. The van der Waals surface area contributed by atoms with Crippen molar-refractivity contribution in [3.63, 3.8) is 0 Å². The van der Waals surface area contributed by atoms with Crippen LogP contribution in [0.1, 0.15) is 12.0 Å². The molecule has 4 rings (SSSR count). The zero-order valence-electron chi connectivity index (χ0n) is 13.6. The van der Waals surface area contributed by atoms with E-state index in [0.29, 0.717) is 29.1 Å². The van der Waals surface area contributed by atoms with Gasteiger partial charge in [0.15, 0.2) is 5.16 Å². The van der Waals surface area contributed by atoms with Gasteiger partial charge in [0.05, 0.1) is 23.2 Å². The van der Waals surface area contributed by atoms with Gasteiger partial charge in [-0.3, -0.25) is 14.2 Å². The molecular weight excluding hydrogens is 336 g/mol. The van der Waals surface area contributed by atoms with E-state index in [-0.39, 0.29) is 16.8 Å². The van der Waals surface area contributed by atoms with Crippen molar-refractivity contribution in [1.29, 1.82) is 0 Å². The highest BCUT2D eigenvalue weighted by molar-refractivity contribution is 8.00. The van der Waals surface area contributed by atoms with E-state index in [4.69, 9.17) is 4.74 Å². The number of benzene rings is 2. The van der Waals surface area contributed by atoms with E-state index in [0.717, 1.165) is 11.3 Å². The molecule has 6 heteroatoms. The summed E-state index contributed by atoms with van der Waals surface area (Å²) in [5.74, 6) is -0.247. The Morgan fingerprint density at radius 2 is 1.88 bits per heavy atom. The molecule has 2 heterocycles. The van der Waals surface area contributed by atoms with E-state index < -0.39 is 0 Å². The third kappa shape index (κ3) is 2.93. The minimum absolute atomic E-state index is 0.136. The lowest BCUT2D eigenvalue weighted by atomic mass is 10.2. The Labute approximate surface area is 148 Å². The normalized spacial score (nSPS) is 17.0. The lowest BCUT2D eigenvalue weighted by Crippen LogP contribution is -2.23. The van der Waals surface area contributed by atoms with Crippen LogP contribution < -0.4 is 5.56 Å². The maximum absolute atomic E-state index is 13.1. The third-order valence-electron chi connectivity index (χ3n) is 4.17. The average Bonchev–Trinajstić information content (AvgIpc) is 3.01. The maximum Gasteiger partial charge on any atom is 0.319 e. The van der Waals surface area contributed by atoms with Gasteiger partial charge in [0, 0.05) is 6.42 Å². The summed E-state index contributed by atoms with van der Waals surface area (Å²) in [5.41, 5.74) is 2.34.